The van der Waals surface area contributed by atoms with Crippen LogP contribution in [0.2, 0.25) is 0 Å². The van der Waals surface area contributed by atoms with E-state index in [-0.39, 0.29) is 11.5 Å². The lowest BCUT2D eigenvalue weighted by Crippen LogP contribution is -2.35. The topological polar surface area (TPSA) is 75.7 Å². The molecule has 0 aliphatic carbocycles. The molecule has 114 valence electrons. The Balaban J connectivity index is 2.27. The molecule has 1 aromatic rings. The van der Waals surface area contributed by atoms with Crippen molar-refractivity contribution in [2.75, 3.05) is 32.6 Å². The summed E-state index contributed by atoms with van der Waals surface area (Å²) < 4.78 is 30.5. The van der Waals surface area contributed by atoms with Crippen LogP contribution in [0.1, 0.15) is 10.4 Å². The average molecular weight is 310 g/mol. The second-order valence-corrected chi connectivity index (χ2v) is 6.51. The van der Waals surface area contributed by atoms with Crippen LogP contribution in [0.15, 0.2) is 42.2 Å². The minimum Gasteiger partial charge on any atom is -0.378 e. The Kier molecular flexibility index (Phi) is 4.98. The van der Waals surface area contributed by atoms with Crippen molar-refractivity contribution >= 4 is 15.8 Å². The van der Waals surface area contributed by atoms with Gasteiger partial charge in [0.1, 0.15) is 5.70 Å². The van der Waals surface area contributed by atoms with Crippen LogP contribution in [-0.4, -0.2) is 51.7 Å². The number of benzene rings is 1. The van der Waals surface area contributed by atoms with Crippen molar-refractivity contribution in [3.8, 4) is 0 Å². The van der Waals surface area contributed by atoms with Crippen LogP contribution < -0.4 is 4.72 Å². The fourth-order valence-electron chi connectivity index (χ4n) is 1.97. The van der Waals surface area contributed by atoms with E-state index in [1.165, 1.54) is 0 Å². The average Bonchev–Trinajstić information content (AvgIpc) is 2.46. The zero-order valence-electron chi connectivity index (χ0n) is 11.8. The van der Waals surface area contributed by atoms with E-state index in [0.29, 0.717) is 31.9 Å². The predicted molar refractivity (Wildman–Crippen MR) is 79.2 cm³/mol. The fraction of sp³-hybridized carbons (Fsp3) is 0.357. The summed E-state index contributed by atoms with van der Waals surface area (Å²) in [7, 11) is -3.52. The first-order valence-corrected chi connectivity index (χ1v) is 8.46. The summed E-state index contributed by atoms with van der Waals surface area (Å²) in [6, 6.07) is 8.57. The number of hydrogen-bond acceptors (Lipinski definition) is 5. The first kappa shape index (κ1) is 15.5. The molecule has 1 heterocycles. The van der Waals surface area contributed by atoms with E-state index in [1.54, 1.807) is 36.5 Å². The fourth-order valence-corrected chi connectivity index (χ4v) is 2.51. The molecule has 1 saturated heterocycles. The minimum atomic E-state index is -3.52. The summed E-state index contributed by atoms with van der Waals surface area (Å²) in [5.41, 5.74) is 0.485. The number of carbonyl (C=O) groups is 1. The van der Waals surface area contributed by atoms with Gasteiger partial charge in [0.05, 0.1) is 19.5 Å². The molecule has 1 aliphatic heterocycles. The van der Waals surface area contributed by atoms with Crippen molar-refractivity contribution in [3.63, 3.8) is 0 Å². The molecule has 1 fully saturated rings. The molecule has 0 bridgehead atoms. The number of Topliss-reactive ketones (excluding diaryl/α,β-unsaturated/α-hetero) is 1. The van der Waals surface area contributed by atoms with E-state index in [0.717, 1.165) is 6.26 Å². The lowest BCUT2D eigenvalue weighted by Gasteiger charge is -2.26. The number of nitrogens with zero attached hydrogens (tertiary/aromatic N) is 1. The largest absolute Gasteiger partial charge is 0.378 e. The standard InChI is InChI=1S/C14H18N2O4S/c1-21(18,19)15-13(11-16-7-9-20-10-8-16)14(17)12-5-3-2-4-6-12/h2-6,11,15H,7-10H2,1H3/b13-11-. The summed E-state index contributed by atoms with van der Waals surface area (Å²) in [5.74, 6) is -0.354. The Labute approximate surface area is 124 Å². The summed E-state index contributed by atoms with van der Waals surface area (Å²) in [4.78, 5) is 14.3. The molecule has 0 atom stereocenters. The number of ether oxygens (including phenoxy) is 1. The third-order valence-electron chi connectivity index (χ3n) is 2.93. The highest BCUT2D eigenvalue weighted by Crippen LogP contribution is 2.09. The Bertz CT molecular complexity index is 620. The second kappa shape index (κ2) is 6.73. The van der Waals surface area contributed by atoms with Gasteiger partial charge in [-0.3, -0.25) is 9.52 Å². The zero-order chi connectivity index (χ0) is 15.3. The molecule has 2 rings (SSSR count). The molecule has 0 unspecified atom stereocenters. The molecule has 6 nitrogen and oxygen atoms in total. The van der Waals surface area contributed by atoms with Gasteiger partial charge in [0.25, 0.3) is 0 Å². The molecule has 0 amide bonds. The van der Waals surface area contributed by atoms with Crippen molar-refractivity contribution in [1.82, 2.24) is 9.62 Å². The highest BCUT2D eigenvalue weighted by molar-refractivity contribution is 7.88. The van der Waals surface area contributed by atoms with E-state index in [9.17, 15) is 13.2 Å². The maximum absolute atomic E-state index is 12.4. The van der Waals surface area contributed by atoms with Crippen molar-refractivity contribution in [3.05, 3.63) is 47.8 Å². The molecule has 21 heavy (non-hydrogen) atoms. The molecule has 0 saturated carbocycles. The first-order chi connectivity index (χ1) is 9.96. The SMILES string of the molecule is CS(=O)(=O)N/C(=C\N1CCOCC1)C(=O)c1ccccc1. The van der Waals surface area contributed by atoms with Crippen molar-refractivity contribution in [2.45, 2.75) is 0 Å². The number of carbonyl (C=O) groups excluding carboxylic acids is 1. The number of morpholine rings is 1. The number of hydrogen-bond donors (Lipinski definition) is 1. The van der Waals surface area contributed by atoms with Crippen LogP contribution >= 0.6 is 0 Å². The van der Waals surface area contributed by atoms with E-state index in [4.69, 9.17) is 4.74 Å². The number of ketones is 1. The van der Waals surface area contributed by atoms with Gasteiger partial charge >= 0.3 is 0 Å². The number of rotatable bonds is 5. The highest BCUT2D eigenvalue weighted by Gasteiger charge is 2.18. The number of allylic oxidation sites excluding steroid dienone is 1. The van der Waals surface area contributed by atoms with Gasteiger partial charge in [0.2, 0.25) is 15.8 Å². The van der Waals surface area contributed by atoms with Crippen LogP contribution in [0.3, 0.4) is 0 Å². The van der Waals surface area contributed by atoms with Crippen LogP contribution in [0.4, 0.5) is 0 Å². The molecule has 0 spiro atoms. The summed E-state index contributed by atoms with van der Waals surface area (Å²) in [6.45, 7) is 2.36. The van der Waals surface area contributed by atoms with Crippen LogP contribution in [0, 0.1) is 0 Å². The first-order valence-electron chi connectivity index (χ1n) is 6.57. The smallest absolute Gasteiger partial charge is 0.229 e. The van der Waals surface area contributed by atoms with Crippen LogP contribution in [-0.2, 0) is 14.8 Å². The highest BCUT2D eigenvalue weighted by atomic mass is 32.2. The van der Waals surface area contributed by atoms with Gasteiger partial charge < -0.3 is 9.64 Å². The van der Waals surface area contributed by atoms with E-state index in [2.05, 4.69) is 4.72 Å². The van der Waals surface area contributed by atoms with Crippen LogP contribution in [0.5, 0.6) is 0 Å². The number of sulfonamides is 1. The molecule has 1 aliphatic rings. The molecule has 7 heteroatoms. The normalized spacial score (nSPS) is 16.6. The summed E-state index contributed by atoms with van der Waals surface area (Å²) >= 11 is 0. The van der Waals surface area contributed by atoms with Gasteiger partial charge in [0, 0.05) is 24.9 Å². The van der Waals surface area contributed by atoms with E-state index >= 15 is 0 Å². The number of nitrogens with one attached hydrogen (secondary N) is 1. The van der Waals surface area contributed by atoms with Crippen molar-refractivity contribution in [1.29, 1.82) is 0 Å². The lowest BCUT2D eigenvalue weighted by molar-refractivity contribution is 0.0586. The van der Waals surface area contributed by atoms with Crippen molar-refractivity contribution in [2.24, 2.45) is 0 Å². The monoisotopic (exact) mass is 310 g/mol. The van der Waals surface area contributed by atoms with E-state index in [1.807, 2.05) is 4.90 Å². The summed E-state index contributed by atoms with van der Waals surface area (Å²) in [5, 5.41) is 0. The van der Waals surface area contributed by atoms with Crippen LogP contribution in [0.25, 0.3) is 0 Å². The molecular formula is C14H18N2O4S. The summed E-state index contributed by atoms with van der Waals surface area (Å²) in [6.07, 6.45) is 2.58. The minimum absolute atomic E-state index is 0.0469. The second-order valence-electron chi connectivity index (χ2n) is 4.76. The van der Waals surface area contributed by atoms with Gasteiger partial charge in [0.15, 0.2) is 0 Å². The third-order valence-corrected chi connectivity index (χ3v) is 3.52. The van der Waals surface area contributed by atoms with Crippen molar-refractivity contribution < 1.29 is 17.9 Å². The Hall–Kier alpha value is -1.86. The zero-order valence-corrected chi connectivity index (χ0v) is 12.6. The third kappa shape index (κ3) is 4.87. The van der Waals surface area contributed by atoms with Gasteiger partial charge in [-0.05, 0) is 0 Å². The van der Waals surface area contributed by atoms with Gasteiger partial charge in [-0.1, -0.05) is 30.3 Å². The van der Waals surface area contributed by atoms with Gasteiger partial charge in [-0.15, -0.1) is 0 Å². The molecule has 1 N–H and O–H groups in total. The quantitative estimate of drug-likeness (QED) is 0.636. The Morgan fingerprint density at radius 3 is 2.43 bits per heavy atom. The molecule has 0 aromatic heterocycles. The van der Waals surface area contributed by atoms with E-state index < -0.39 is 10.0 Å². The lowest BCUT2D eigenvalue weighted by atomic mass is 10.1. The molecule has 0 radical (unpaired) electrons. The van der Waals surface area contributed by atoms with Gasteiger partial charge in [-0.2, -0.15) is 0 Å². The Morgan fingerprint density at radius 2 is 1.86 bits per heavy atom. The molecular weight excluding hydrogens is 292 g/mol. The Morgan fingerprint density at radius 1 is 1.24 bits per heavy atom. The van der Waals surface area contributed by atoms with Gasteiger partial charge in [-0.25, -0.2) is 8.42 Å². The predicted octanol–water partition coefficient (Wildman–Crippen LogP) is 0.592. The maximum atomic E-state index is 12.4. The molecule has 1 aromatic carbocycles. The maximum Gasteiger partial charge on any atom is 0.229 e.